The van der Waals surface area contributed by atoms with Gasteiger partial charge in [0.15, 0.2) is 0 Å². The van der Waals surface area contributed by atoms with Crippen LogP contribution in [0, 0.1) is 0 Å². The molecule has 0 saturated heterocycles. The van der Waals surface area contributed by atoms with Crippen LogP contribution in [-0.2, 0) is 5.41 Å². The Hall–Kier alpha value is -7.20. The molecule has 0 saturated carbocycles. The van der Waals surface area contributed by atoms with E-state index in [1.807, 2.05) is 11.3 Å². The van der Waals surface area contributed by atoms with Crippen LogP contribution in [0.2, 0.25) is 0 Å². The van der Waals surface area contributed by atoms with Crippen molar-refractivity contribution in [2.45, 2.75) is 19.3 Å². The van der Waals surface area contributed by atoms with E-state index in [0.29, 0.717) is 0 Å². The van der Waals surface area contributed by atoms with E-state index in [-0.39, 0.29) is 5.41 Å². The van der Waals surface area contributed by atoms with E-state index in [4.69, 9.17) is 8.83 Å². The standard InChI is InChI=1S/C57H36O2S/c1-57(2)48-32-40(38-17-24-52-46(30-38)44-28-36(15-22-50(44)59-52)34-11-7-4-8-12-34)13-19-41(48)42-20-26-54-55(56(42)57)47-31-39(18-25-53(47)60-54)37-16-23-51-45(29-37)43-27-35(14-21-49(43)58-51)33-9-5-3-6-10-33/h3-32H,1-2H3. The first-order valence-corrected chi connectivity index (χ1v) is 21.5. The lowest BCUT2D eigenvalue weighted by molar-refractivity contribution is 0.667. The largest absolute Gasteiger partial charge is 0.456 e. The van der Waals surface area contributed by atoms with Crippen molar-refractivity contribution in [3.8, 4) is 55.6 Å². The molecule has 0 amide bonds. The van der Waals surface area contributed by atoms with Crippen LogP contribution in [0.5, 0.6) is 0 Å². The maximum absolute atomic E-state index is 6.34. The van der Waals surface area contributed by atoms with Crippen molar-refractivity contribution in [3.05, 3.63) is 193 Å². The van der Waals surface area contributed by atoms with Crippen molar-refractivity contribution in [2.75, 3.05) is 0 Å². The first-order valence-electron chi connectivity index (χ1n) is 20.6. The monoisotopic (exact) mass is 784 g/mol. The summed E-state index contributed by atoms with van der Waals surface area (Å²) in [5, 5.41) is 7.26. The third-order valence-electron chi connectivity index (χ3n) is 13.1. The molecule has 1 aliphatic rings. The van der Waals surface area contributed by atoms with Crippen LogP contribution in [0.3, 0.4) is 0 Å². The van der Waals surface area contributed by atoms with Crippen molar-refractivity contribution >= 4 is 75.4 Å². The van der Waals surface area contributed by atoms with Crippen LogP contribution in [-0.4, -0.2) is 0 Å². The molecule has 12 aromatic rings. The minimum Gasteiger partial charge on any atom is -0.456 e. The maximum atomic E-state index is 6.34. The van der Waals surface area contributed by atoms with E-state index in [1.54, 1.807) is 0 Å². The SMILES string of the molecule is CC1(C)c2cc(-c3ccc4oc5ccc(-c6ccccc6)cc5c4c3)ccc2-c2ccc3sc4ccc(-c5ccc6oc7ccc(-c8ccccc8)cc7c6c5)cc4c3c21. The van der Waals surface area contributed by atoms with Crippen molar-refractivity contribution in [1.29, 1.82) is 0 Å². The first-order chi connectivity index (χ1) is 29.4. The summed E-state index contributed by atoms with van der Waals surface area (Å²) >= 11 is 1.89. The van der Waals surface area contributed by atoms with Gasteiger partial charge in [-0.1, -0.05) is 123 Å². The number of furan rings is 2. The number of thiophene rings is 1. The van der Waals surface area contributed by atoms with Gasteiger partial charge in [0, 0.05) is 47.1 Å². The molecule has 13 rings (SSSR count). The van der Waals surface area contributed by atoms with Gasteiger partial charge in [-0.15, -0.1) is 11.3 Å². The van der Waals surface area contributed by atoms with Crippen molar-refractivity contribution in [2.24, 2.45) is 0 Å². The van der Waals surface area contributed by atoms with Crippen LogP contribution in [0.1, 0.15) is 25.0 Å². The third-order valence-corrected chi connectivity index (χ3v) is 14.2. The van der Waals surface area contributed by atoms with Gasteiger partial charge in [0.25, 0.3) is 0 Å². The Morgan fingerprint density at radius 3 is 1.27 bits per heavy atom. The molecule has 60 heavy (non-hydrogen) atoms. The van der Waals surface area contributed by atoms with Gasteiger partial charge in [-0.3, -0.25) is 0 Å². The maximum Gasteiger partial charge on any atom is 0.135 e. The molecule has 0 atom stereocenters. The molecule has 9 aromatic carbocycles. The zero-order chi connectivity index (χ0) is 39.7. The fraction of sp³-hybridized carbons (Fsp3) is 0.0526. The predicted molar refractivity (Wildman–Crippen MR) is 253 cm³/mol. The van der Waals surface area contributed by atoms with Crippen LogP contribution in [0.15, 0.2) is 191 Å². The van der Waals surface area contributed by atoms with Crippen LogP contribution in [0.25, 0.3) is 120 Å². The van der Waals surface area contributed by atoms with Crippen LogP contribution in [0.4, 0.5) is 0 Å². The summed E-state index contributed by atoms with van der Waals surface area (Å²) < 4.78 is 15.3. The second kappa shape index (κ2) is 12.4. The molecule has 1 aliphatic carbocycles. The van der Waals surface area contributed by atoms with Crippen LogP contribution < -0.4 is 0 Å². The molecule has 0 N–H and O–H groups in total. The molecule has 3 aromatic heterocycles. The third kappa shape index (κ3) is 4.93. The molecule has 0 bridgehead atoms. The second-order valence-electron chi connectivity index (χ2n) is 16.8. The Balaban J connectivity index is 0.908. The van der Waals surface area contributed by atoms with Crippen molar-refractivity contribution in [3.63, 3.8) is 0 Å². The summed E-state index contributed by atoms with van der Waals surface area (Å²) in [5.41, 5.74) is 18.5. The summed E-state index contributed by atoms with van der Waals surface area (Å²) in [4.78, 5) is 0. The van der Waals surface area contributed by atoms with E-state index in [1.165, 1.54) is 86.9 Å². The Morgan fingerprint density at radius 2 is 0.750 bits per heavy atom. The molecule has 0 spiro atoms. The lowest BCUT2D eigenvalue weighted by Crippen LogP contribution is -2.15. The highest BCUT2D eigenvalue weighted by Gasteiger charge is 2.38. The van der Waals surface area contributed by atoms with Gasteiger partial charge in [-0.05, 0) is 140 Å². The van der Waals surface area contributed by atoms with Gasteiger partial charge in [0.2, 0.25) is 0 Å². The minimum atomic E-state index is -0.202. The highest BCUT2D eigenvalue weighted by atomic mass is 32.1. The normalized spacial score (nSPS) is 13.3. The molecule has 0 unspecified atom stereocenters. The van der Waals surface area contributed by atoms with Gasteiger partial charge in [0.1, 0.15) is 22.3 Å². The molecule has 0 fully saturated rings. The van der Waals surface area contributed by atoms with Crippen molar-refractivity contribution in [1.82, 2.24) is 0 Å². The van der Waals surface area contributed by atoms with Gasteiger partial charge in [-0.25, -0.2) is 0 Å². The molecule has 0 radical (unpaired) electrons. The summed E-state index contributed by atoms with van der Waals surface area (Å²) in [6, 6.07) is 66.3. The fourth-order valence-corrected chi connectivity index (χ4v) is 11.2. The van der Waals surface area contributed by atoms with E-state index >= 15 is 0 Å². The Kier molecular flexibility index (Phi) is 6.98. The summed E-state index contributed by atoms with van der Waals surface area (Å²) in [5.74, 6) is 0. The number of hydrogen-bond acceptors (Lipinski definition) is 3. The molecule has 3 heterocycles. The van der Waals surface area contributed by atoms with Gasteiger partial charge >= 0.3 is 0 Å². The molecule has 3 heteroatoms. The second-order valence-corrected chi connectivity index (χ2v) is 17.9. The number of benzene rings is 9. The van der Waals surface area contributed by atoms with Gasteiger partial charge in [-0.2, -0.15) is 0 Å². The predicted octanol–water partition coefficient (Wildman–Crippen LogP) is 16.8. The first kappa shape index (κ1) is 33.7. The Bertz CT molecular complexity index is 3730. The quantitative estimate of drug-likeness (QED) is 0.178. The molecular weight excluding hydrogens is 749 g/mol. The average Bonchev–Trinajstić information content (AvgIpc) is 4.03. The minimum absolute atomic E-state index is 0.202. The van der Waals surface area contributed by atoms with E-state index in [2.05, 4.69) is 196 Å². The molecule has 282 valence electrons. The number of fused-ring (bicyclic) bond motifs is 13. The van der Waals surface area contributed by atoms with Crippen molar-refractivity contribution < 1.29 is 8.83 Å². The Labute approximate surface area is 350 Å². The zero-order valence-electron chi connectivity index (χ0n) is 33.0. The van der Waals surface area contributed by atoms with Gasteiger partial charge in [0.05, 0.1) is 0 Å². The topological polar surface area (TPSA) is 26.3 Å². The fourth-order valence-electron chi connectivity index (χ4n) is 10.1. The summed E-state index contributed by atoms with van der Waals surface area (Å²) in [7, 11) is 0. The molecular formula is C57H36O2S. The summed E-state index contributed by atoms with van der Waals surface area (Å²) in [6.07, 6.45) is 0. The highest BCUT2D eigenvalue weighted by Crippen LogP contribution is 2.55. The zero-order valence-corrected chi connectivity index (χ0v) is 33.9. The van der Waals surface area contributed by atoms with E-state index in [0.717, 1.165) is 43.9 Å². The average molecular weight is 785 g/mol. The summed E-state index contributed by atoms with van der Waals surface area (Å²) in [6.45, 7) is 4.82. The molecule has 0 aliphatic heterocycles. The lowest BCUT2D eigenvalue weighted by atomic mass is 9.79. The lowest BCUT2D eigenvalue weighted by Gasteiger charge is -2.23. The highest BCUT2D eigenvalue weighted by molar-refractivity contribution is 7.25. The van der Waals surface area contributed by atoms with Gasteiger partial charge < -0.3 is 8.83 Å². The smallest absolute Gasteiger partial charge is 0.135 e. The Morgan fingerprint density at radius 1 is 0.350 bits per heavy atom. The van der Waals surface area contributed by atoms with Crippen LogP contribution >= 0.6 is 11.3 Å². The molecule has 2 nitrogen and oxygen atoms in total. The number of hydrogen-bond donors (Lipinski definition) is 0. The van der Waals surface area contributed by atoms with E-state index in [9.17, 15) is 0 Å². The van der Waals surface area contributed by atoms with E-state index < -0.39 is 0 Å². The number of rotatable bonds is 4.